The Hall–Kier alpha value is -0.905. The molecule has 1 aromatic carbocycles. The minimum Gasteiger partial charge on any atom is -0.403 e. The molecule has 0 atom stereocenters. The first-order valence-electron chi connectivity index (χ1n) is 7.53. The van der Waals surface area contributed by atoms with E-state index in [4.69, 9.17) is 9.31 Å². The maximum absolute atomic E-state index is 5.87. The van der Waals surface area contributed by atoms with Crippen molar-refractivity contribution in [2.45, 2.75) is 57.6 Å². The van der Waals surface area contributed by atoms with Gasteiger partial charge in [-0.25, -0.2) is 4.98 Å². The maximum Gasteiger partial charge on any atom is 0.461 e. The van der Waals surface area contributed by atoms with Gasteiger partial charge in [-0.1, -0.05) is 25.0 Å². The van der Waals surface area contributed by atoms with E-state index < -0.39 is 0 Å². The van der Waals surface area contributed by atoms with Gasteiger partial charge in [-0.3, -0.25) is 0 Å². The van der Waals surface area contributed by atoms with E-state index in [-0.39, 0.29) is 18.3 Å². The van der Waals surface area contributed by atoms with Crippen molar-refractivity contribution in [3.8, 4) is 0 Å². The lowest BCUT2D eigenvalue weighted by Gasteiger charge is -2.32. The van der Waals surface area contributed by atoms with Crippen molar-refractivity contribution in [2.75, 3.05) is 0 Å². The van der Waals surface area contributed by atoms with Crippen LogP contribution >= 0.6 is 11.3 Å². The number of para-hydroxylation sites is 1. The number of rotatable bonds is 1. The molecule has 1 saturated heterocycles. The number of aromatic nitrogens is 1. The summed E-state index contributed by atoms with van der Waals surface area (Å²) in [4.78, 5) is 4.14. The molecule has 2 heterocycles. The average molecular weight is 303 g/mol. The fourth-order valence-electron chi connectivity index (χ4n) is 2.25. The molecule has 1 aliphatic heterocycles. The molecule has 3 nitrogen and oxygen atoms in total. The summed E-state index contributed by atoms with van der Waals surface area (Å²) in [5.74, 6) is 0.672. The van der Waals surface area contributed by atoms with Crippen LogP contribution in [0.5, 0.6) is 0 Å². The topological polar surface area (TPSA) is 31.4 Å². The summed E-state index contributed by atoms with van der Waals surface area (Å²) in [6.07, 6.45) is 2.55. The first-order valence-corrected chi connectivity index (χ1v) is 8.41. The summed E-state index contributed by atoms with van der Waals surface area (Å²) < 4.78 is 13.0. The van der Waals surface area contributed by atoms with Gasteiger partial charge in [0.2, 0.25) is 0 Å². The van der Waals surface area contributed by atoms with Gasteiger partial charge in [-0.05, 0) is 45.6 Å². The van der Waals surface area contributed by atoms with Crippen molar-refractivity contribution in [1.29, 1.82) is 0 Å². The zero-order chi connectivity index (χ0) is 15.1. The third kappa shape index (κ3) is 3.15. The molecule has 1 aliphatic carbocycles. The summed E-state index contributed by atoms with van der Waals surface area (Å²) in [5.41, 5.74) is 2.69. The van der Waals surface area contributed by atoms with Gasteiger partial charge in [-0.2, -0.15) is 0 Å². The molecule has 0 N–H and O–H groups in total. The molecule has 1 saturated carbocycles. The Morgan fingerprint density at radius 2 is 1.71 bits per heavy atom. The molecule has 0 spiro atoms. The second-order valence-corrected chi connectivity index (χ2v) is 7.67. The van der Waals surface area contributed by atoms with Gasteiger partial charge in [0.05, 0.1) is 26.9 Å². The monoisotopic (exact) mass is 303 g/mol. The third-order valence-corrected chi connectivity index (χ3v) is 5.33. The van der Waals surface area contributed by atoms with Crippen LogP contribution in [0.1, 0.15) is 40.5 Å². The Balaban J connectivity index is 0.000000131. The first kappa shape index (κ1) is 15.0. The Morgan fingerprint density at radius 1 is 1.10 bits per heavy atom. The quantitative estimate of drug-likeness (QED) is 0.725. The molecule has 2 aliphatic rings. The molecule has 0 radical (unpaired) electrons. The van der Waals surface area contributed by atoms with Crippen molar-refractivity contribution < 1.29 is 9.31 Å². The van der Waals surface area contributed by atoms with Gasteiger partial charge in [0.1, 0.15) is 0 Å². The lowest BCUT2D eigenvalue weighted by molar-refractivity contribution is 0.00578. The van der Waals surface area contributed by atoms with Crippen molar-refractivity contribution in [2.24, 2.45) is 0 Å². The Labute approximate surface area is 130 Å². The smallest absolute Gasteiger partial charge is 0.403 e. The van der Waals surface area contributed by atoms with Crippen molar-refractivity contribution >= 4 is 28.7 Å². The van der Waals surface area contributed by atoms with E-state index in [1.807, 2.05) is 23.7 Å². The number of thiazole rings is 1. The van der Waals surface area contributed by atoms with Crippen molar-refractivity contribution in [1.82, 2.24) is 4.98 Å². The highest BCUT2D eigenvalue weighted by Gasteiger charge is 2.55. The minimum atomic E-state index is -0.139. The van der Waals surface area contributed by atoms with Crippen molar-refractivity contribution in [3.05, 3.63) is 29.8 Å². The second-order valence-electron chi connectivity index (χ2n) is 6.78. The molecule has 21 heavy (non-hydrogen) atoms. The van der Waals surface area contributed by atoms with Crippen molar-refractivity contribution in [3.63, 3.8) is 0 Å². The summed E-state index contributed by atoms with van der Waals surface area (Å²) in [7, 11) is 0.0648. The lowest BCUT2D eigenvalue weighted by atomic mass is 9.82. The number of fused-ring (bicyclic) bond motifs is 1. The molecule has 2 fully saturated rings. The molecule has 0 amide bonds. The van der Waals surface area contributed by atoms with E-state index in [9.17, 15) is 0 Å². The standard InChI is InChI=1S/C9H17BO2.C7H5NS/c1-8(2)9(3,4)12-10(11-8)7-5-6-7;1-2-4-7-6(3-1)8-5-9-7/h7H,5-6H2,1-4H3;1-5H. The van der Waals surface area contributed by atoms with Gasteiger partial charge in [-0.15, -0.1) is 11.3 Å². The van der Waals surface area contributed by atoms with E-state index in [0.717, 1.165) is 5.52 Å². The highest BCUT2D eigenvalue weighted by molar-refractivity contribution is 7.16. The van der Waals surface area contributed by atoms with Gasteiger partial charge < -0.3 is 9.31 Å². The average Bonchev–Trinajstić information content (AvgIpc) is 3.10. The Kier molecular flexibility index (Phi) is 3.84. The summed E-state index contributed by atoms with van der Waals surface area (Å²) in [6.45, 7) is 8.43. The predicted molar refractivity (Wildman–Crippen MR) is 88.7 cm³/mol. The third-order valence-electron chi connectivity index (χ3n) is 4.52. The van der Waals surface area contributed by atoms with Crippen LogP contribution in [0.4, 0.5) is 0 Å². The molecule has 4 rings (SSSR count). The molecule has 1 aromatic heterocycles. The summed E-state index contributed by atoms with van der Waals surface area (Å²) >= 11 is 1.68. The Bertz CT molecular complexity index is 575. The van der Waals surface area contributed by atoms with Crippen LogP contribution in [0, 0.1) is 0 Å². The van der Waals surface area contributed by atoms with Gasteiger partial charge in [0.15, 0.2) is 0 Å². The van der Waals surface area contributed by atoms with Crippen LogP contribution in [0.3, 0.4) is 0 Å². The molecule has 0 bridgehead atoms. The number of hydrogen-bond donors (Lipinski definition) is 0. The SMILES string of the molecule is CC1(C)OB(C2CC2)OC1(C)C.c1ccc2scnc2c1. The highest BCUT2D eigenvalue weighted by atomic mass is 32.1. The molecule has 5 heteroatoms. The van der Waals surface area contributed by atoms with Crippen LogP contribution < -0.4 is 0 Å². The zero-order valence-corrected chi connectivity index (χ0v) is 13.9. The van der Waals surface area contributed by atoms with Crippen LogP contribution in [0.15, 0.2) is 29.8 Å². The summed E-state index contributed by atoms with van der Waals surface area (Å²) in [6, 6.07) is 8.13. The van der Waals surface area contributed by atoms with Gasteiger partial charge >= 0.3 is 7.12 Å². The second kappa shape index (κ2) is 5.38. The molecule has 2 aromatic rings. The van der Waals surface area contributed by atoms with Gasteiger partial charge in [0, 0.05) is 0 Å². The first-order chi connectivity index (χ1) is 9.89. The lowest BCUT2D eigenvalue weighted by Crippen LogP contribution is -2.41. The molecular weight excluding hydrogens is 281 g/mol. The van der Waals surface area contributed by atoms with E-state index in [0.29, 0.717) is 5.82 Å². The van der Waals surface area contributed by atoms with E-state index in [1.54, 1.807) is 11.3 Å². The van der Waals surface area contributed by atoms with Gasteiger partial charge in [0.25, 0.3) is 0 Å². The van der Waals surface area contributed by atoms with E-state index >= 15 is 0 Å². The van der Waals surface area contributed by atoms with E-state index in [2.05, 4.69) is 38.7 Å². The zero-order valence-electron chi connectivity index (χ0n) is 13.1. The fraction of sp³-hybridized carbons (Fsp3) is 0.562. The van der Waals surface area contributed by atoms with Crippen LogP contribution in [0.2, 0.25) is 5.82 Å². The van der Waals surface area contributed by atoms with Crippen LogP contribution in [-0.4, -0.2) is 23.3 Å². The maximum atomic E-state index is 5.87. The number of hydrogen-bond acceptors (Lipinski definition) is 4. The van der Waals surface area contributed by atoms with E-state index in [1.165, 1.54) is 17.5 Å². The molecule has 0 unspecified atom stereocenters. The predicted octanol–water partition coefficient (Wildman–Crippen LogP) is 4.54. The highest BCUT2D eigenvalue weighted by Crippen LogP contribution is 2.48. The molecule has 112 valence electrons. The normalized spacial score (nSPS) is 23.0. The van der Waals surface area contributed by atoms with Crippen LogP contribution in [-0.2, 0) is 9.31 Å². The Morgan fingerprint density at radius 3 is 2.29 bits per heavy atom. The number of benzene rings is 1. The number of nitrogens with zero attached hydrogens (tertiary/aromatic N) is 1. The van der Waals surface area contributed by atoms with Crippen LogP contribution in [0.25, 0.3) is 10.2 Å². The molecular formula is C16H22BNO2S. The largest absolute Gasteiger partial charge is 0.461 e. The minimum absolute atomic E-state index is 0.0648. The summed E-state index contributed by atoms with van der Waals surface area (Å²) in [5, 5.41) is 0. The fourth-order valence-corrected chi connectivity index (χ4v) is 2.93.